The SMILES string of the molecule is CC(=O)N1CCC2(CC1)OCc1cc(-c3ccccc3C#N)ccc1O2. The predicted molar refractivity (Wildman–Crippen MR) is 96.2 cm³/mol. The van der Waals surface area contributed by atoms with E-state index < -0.39 is 5.79 Å². The first-order valence-corrected chi connectivity index (χ1v) is 8.81. The van der Waals surface area contributed by atoms with Crippen molar-refractivity contribution in [3.8, 4) is 22.9 Å². The van der Waals surface area contributed by atoms with Gasteiger partial charge in [-0.15, -0.1) is 0 Å². The highest BCUT2D eigenvalue weighted by atomic mass is 16.7. The van der Waals surface area contributed by atoms with Crippen LogP contribution < -0.4 is 4.74 Å². The van der Waals surface area contributed by atoms with Crippen molar-refractivity contribution in [1.82, 2.24) is 4.90 Å². The molecule has 2 aromatic rings. The highest BCUT2D eigenvalue weighted by Gasteiger charge is 2.41. The van der Waals surface area contributed by atoms with E-state index in [-0.39, 0.29) is 5.91 Å². The van der Waals surface area contributed by atoms with Gasteiger partial charge >= 0.3 is 0 Å². The van der Waals surface area contributed by atoms with Crippen LogP contribution in [-0.4, -0.2) is 29.7 Å². The van der Waals surface area contributed by atoms with E-state index in [0.29, 0.717) is 38.1 Å². The summed E-state index contributed by atoms with van der Waals surface area (Å²) in [6.45, 7) is 3.37. The maximum absolute atomic E-state index is 11.5. The van der Waals surface area contributed by atoms with E-state index in [2.05, 4.69) is 6.07 Å². The molecule has 1 amide bonds. The zero-order chi connectivity index (χ0) is 18.1. The van der Waals surface area contributed by atoms with Gasteiger partial charge in [0.25, 0.3) is 0 Å². The van der Waals surface area contributed by atoms with Crippen LogP contribution in [0.1, 0.15) is 30.9 Å². The molecule has 2 aliphatic heterocycles. The summed E-state index contributed by atoms with van der Waals surface area (Å²) >= 11 is 0. The van der Waals surface area contributed by atoms with E-state index in [0.717, 1.165) is 22.4 Å². The van der Waals surface area contributed by atoms with Crippen molar-refractivity contribution in [1.29, 1.82) is 5.26 Å². The molecule has 2 heterocycles. The topological polar surface area (TPSA) is 62.6 Å². The van der Waals surface area contributed by atoms with Crippen LogP contribution in [-0.2, 0) is 16.1 Å². The minimum atomic E-state index is -0.634. The Morgan fingerprint density at radius 3 is 2.69 bits per heavy atom. The lowest BCUT2D eigenvalue weighted by molar-refractivity contribution is -0.227. The highest BCUT2D eigenvalue weighted by molar-refractivity contribution is 5.73. The average Bonchev–Trinajstić information content (AvgIpc) is 2.68. The Balaban J connectivity index is 1.57. The number of likely N-dealkylation sites (tertiary alicyclic amines) is 1. The zero-order valence-corrected chi connectivity index (χ0v) is 14.7. The van der Waals surface area contributed by atoms with Gasteiger partial charge in [-0.2, -0.15) is 5.26 Å². The number of ether oxygens (including phenoxy) is 2. The molecule has 2 aliphatic rings. The molecule has 0 unspecified atom stereocenters. The molecule has 0 atom stereocenters. The van der Waals surface area contributed by atoms with Crippen LogP contribution in [0.25, 0.3) is 11.1 Å². The lowest BCUT2D eigenvalue weighted by Gasteiger charge is -2.43. The number of amides is 1. The van der Waals surface area contributed by atoms with E-state index in [1.165, 1.54) is 0 Å². The number of benzene rings is 2. The maximum atomic E-state index is 11.5. The Kier molecular flexibility index (Phi) is 4.14. The molecule has 0 aromatic heterocycles. The third-order valence-electron chi connectivity index (χ3n) is 5.18. The van der Waals surface area contributed by atoms with Crippen LogP contribution in [0, 0.1) is 11.3 Å². The molecule has 4 rings (SSSR count). The van der Waals surface area contributed by atoms with Crippen LogP contribution >= 0.6 is 0 Å². The van der Waals surface area contributed by atoms with Crippen molar-refractivity contribution in [2.75, 3.05) is 13.1 Å². The van der Waals surface area contributed by atoms with E-state index >= 15 is 0 Å². The van der Waals surface area contributed by atoms with Gasteiger partial charge in [0.1, 0.15) is 5.75 Å². The number of hydrogen-bond donors (Lipinski definition) is 0. The van der Waals surface area contributed by atoms with Crippen molar-refractivity contribution in [2.45, 2.75) is 32.2 Å². The fourth-order valence-corrected chi connectivity index (χ4v) is 3.64. The summed E-state index contributed by atoms with van der Waals surface area (Å²) < 4.78 is 12.3. The first-order chi connectivity index (χ1) is 12.6. The summed E-state index contributed by atoms with van der Waals surface area (Å²) in [5, 5.41) is 9.32. The number of nitriles is 1. The van der Waals surface area contributed by atoms with Gasteiger partial charge in [0.05, 0.1) is 18.2 Å². The van der Waals surface area contributed by atoms with E-state index in [1.807, 2.05) is 47.4 Å². The summed E-state index contributed by atoms with van der Waals surface area (Å²) in [6.07, 6.45) is 1.34. The Labute approximate surface area is 152 Å². The van der Waals surface area contributed by atoms with Gasteiger partial charge in [0, 0.05) is 38.4 Å². The predicted octanol–water partition coefficient (Wildman–Crippen LogP) is 3.47. The normalized spacial score (nSPS) is 17.9. The molecule has 1 fully saturated rings. The second kappa shape index (κ2) is 6.47. The summed E-state index contributed by atoms with van der Waals surface area (Å²) in [7, 11) is 0. The van der Waals surface area contributed by atoms with E-state index in [4.69, 9.17) is 9.47 Å². The summed E-state index contributed by atoms with van der Waals surface area (Å²) in [4.78, 5) is 13.3. The average molecular weight is 348 g/mol. The third-order valence-corrected chi connectivity index (χ3v) is 5.18. The zero-order valence-electron chi connectivity index (χ0n) is 14.7. The standard InChI is InChI=1S/C21H20N2O3/c1-15(24)23-10-8-21(9-11-23)25-14-18-12-16(6-7-20(18)26-21)19-5-3-2-4-17(19)13-22/h2-7,12H,8-11,14H2,1H3. The molecular formula is C21H20N2O3. The fraction of sp³-hybridized carbons (Fsp3) is 0.333. The number of carbonyl (C=O) groups excluding carboxylic acids is 1. The molecule has 0 saturated carbocycles. The monoisotopic (exact) mass is 348 g/mol. The van der Waals surface area contributed by atoms with Crippen molar-refractivity contribution >= 4 is 5.91 Å². The Hall–Kier alpha value is -2.84. The molecule has 2 aromatic carbocycles. The quantitative estimate of drug-likeness (QED) is 0.792. The second-order valence-corrected chi connectivity index (χ2v) is 6.79. The fourth-order valence-electron chi connectivity index (χ4n) is 3.64. The smallest absolute Gasteiger partial charge is 0.219 e. The molecule has 0 radical (unpaired) electrons. The molecule has 5 nitrogen and oxygen atoms in total. The first kappa shape index (κ1) is 16.6. The molecule has 132 valence electrons. The summed E-state index contributed by atoms with van der Waals surface area (Å²) in [6, 6.07) is 15.8. The van der Waals surface area contributed by atoms with Crippen molar-refractivity contribution < 1.29 is 14.3 Å². The molecule has 0 aliphatic carbocycles. The van der Waals surface area contributed by atoms with Gasteiger partial charge < -0.3 is 14.4 Å². The van der Waals surface area contributed by atoms with E-state index in [9.17, 15) is 10.1 Å². The van der Waals surface area contributed by atoms with Gasteiger partial charge in [-0.05, 0) is 29.3 Å². The molecule has 1 spiro atoms. The van der Waals surface area contributed by atoms with Crippen LogP contribution in [0.4, 0.5) is 0 Å². The van der Waals surface area contributed by atoms with Crippen molar-refractivity contribution in [2.24, 2.45) is 0 Å². The second-order valence-electron chi connectivity index (χ2n) is 6.79. The minimum Gasteiger partial charge on any atom is -0.462 e. The van der Waals surface area contributed by atoms with Gasteiger partial charge in [0.2, 0.25) is 11.7 Å². The van der Waals surface area contributed by atoms with Crippen LogP contribution in [0.2, 0.25) is 0 Å². The lowest BCUT2D eigenvalue weighted by Crippen LogP contribution is -2.52. The third kappa shape index (κ3) is 2.93. The molecule has 1 saturated heterocycles. The highest BCUT2D eigenvalue weighted by Crippen LogP contribution is 2.39. The Morgan fingerprint density at radius 2 is 1.96 bits per heavy atom. The molecule has 0 N–H and O–H groups in total. The van der Waals surface area contributed by atoms with Gasteiger partial charge in [-0.25, -0.2) is 0 Å². The van der Waals surface area contributed by atoms with Gasteiger partial charge in [-0.1, -0.05) is 24.3 Å². The number of nitrogens with zero attached hydrogens (tertiary/aromatic N) is 2. The minimum absolute atomic E-state index is 0.0943. The number of hydrogen-bond acceptors (Lipinski definition) is 4. The van der Waals surface area contributed by atoms with Gasteiger partial charge in [0.15, 0.2) is 0 Å². The van der Waals surface area contributed by atoms with Crippen molar-refractivity contribution in [3.63, 3.8) is 0 Å². The summed E-state index contributed by atoms with van der Waals surface area (Å²) in [5.41, 5.74) is 3.52. The van der Waals surface area contributed by atoms with Gasteiger partial charge in [-0.3, -0.25) is 4.79 Å². The van der Waals surface area contributed by atoms with Crippen LogP contribution in [0.5, 0.6) is 5.75 Å². The molecule has 5 heteroatoms. The number of carbonyl (C=O) groups is 1. The Morgan fingerprint density at radius 1 is 1.19 bits per heavy atom. The lowest BCUT2D eigenvalue weighted by atomic mass is 9.97. The maximum Gasteiger partial charge on any atom is 0.219 e. The number of fused-ring (bicyclic) bond motifs is 1. The number of piperidine rings is 1. The molecule has 0 bridgehead atoms. The Bertz CT molecular complexity index is 892. The molecule has 26 heavy (non-hydrogen) atoms. The molecular weight excluding hydrogens is 328 g/mol. The number of rotatable bonds is 1. The van der Waals surface area contributed by atoms with Crippen LogP contribution in [0.15, 0.2) is 42.5 Å². The van der Waals surface area contributed by atoms with Crippen molar-refractivity contribution in [3.05, 3.63) is 53.6 Å². The first-order valence-electron chi connectivity index (χ1n) is 8.81. The van der Waals surface area contributed by atoms with E-state index in [1.54, 1.807) is 6.92 Å². The largest absolute Gasteiger partial charge is 0.462 e. The summed E-state index contributed by atoms with van der Waals surface area (Å²) in [5.74, 6) is 0.285. The van der Waals surface area contributed by atoms with Crippen LogP contribution in [0.3, 0.4) is 0 Å².